The van der Waals surface area contributed by atoms with Gasteiger partial charge in [0.25, 0.3) is 0 Å². The molecular formula is C8H6ClN3. The summed E-state index contributed by atoms with van der Waals surface area (Å²) in [5.41, 5.74) is 1.83. The van der Waals surface area contributed by atoms with Crippen molar-refractivity contribution in [2.45, 2.75) is 0 Å². The van der Waals surface area contributed by atoms with E-state index in [0.29, 0.717) is 0 Å². The Kier molecular flexibility index (Phi) is 1.80. The summed E-state index contributed by atoms with van der Waals surface area (Å²) in [7, 11) is 0. The number of aromatic amines is 1. The van der Waals surface area contributed by atoms with Gasteiger partial charge in [0.1, 0.15) is 5.69 Å². The second-order valence-electron chi connectivity index (χ2n) is 2.37. The van der Waals surface area contributed by atoms with Crippen LogP contribution in [0.4, 0.5) is 0 Å². The predicted octanol–water partition coefficient (Wildman–Crippen LogP) is 2.13. The summed E-state index contributed by atoms with van der Waals surface area (Å²) in [6.07, 6.45) is 1.74. The van der Waals surface area contributed by atoms with Crippen molar-refractivity contribution in [1.82, 2.24) is 15.4 Å². The van der Waals surface area contributed by atoms with Crippen LogP contribution in [0.1, 0.15) is 0 Å². The third-order valence-corrected chi connectivity index (χ3v) is 1.81. The molecule has 0 aliphatic heterocycles. The van der Waals surface area contributed by atoms with E-state index in [1.165, 1.54) is 0 Å². The van der Waals surface area contributed by atoms with Crippen LogP contribution >= 0.6 is 11.6 Å². The zero-order chi connectivity index (χ0) is 8.39. The Balaban J connectivity index is 2.43. The SMILES string of the molecule is Clc1ccc(-c2c[nH]nn2)cc1. The van der Waals surface area contributed by atoms with Gasteiger partial charge >= 0.3 is 0 Å². The molecule has 12 heavy (non-hydrogen) atoms. The van der Waals surface area contributed by atoms with Gasteiger partial charge in [0.2, 0.25) is 0 Å². The normalized spacial score (nSPS) is 10.1. The van der Waals surface area contributed by atoms with Gasteiger partial charge < -0.3 is 0 Å². The second kappa shape index (κ2) is 2.95. The molecule has 0 aliphatic carbocycles. The molecule has 0 saturated heterocycles. The highest BCUT2D eigenvalue weighted by Crippen LogP contribution is 2.17. The van der Waals surface area contributed by atoms with Gasteiger partial charge in [-0.25, -0.2) is 0 Å². The van der Waals surface area contributed by atoms with Gasteiger partial charge in [0.05, 0.1) is 0 Å². The van der Waals surface area contributed by atoms with Crippen molar-refractivity contribution in [1.29, 1.82) is 0 Å². The molecular weight excluding hydrogens is 174 g/mol. The minimum atomic E-state index is 0.724. The standard InChI is InChI=1S/C8H6ClN3/c9-7-3-1-6(2-4-7)8-5-10-12-11-8/h1-5H,(H,10,11,12). The van der Waals surface area contributed by atoms with Gasteiger partial charge in [-0.15, -0.1) is 5.10 Å². The number of nitrogens with one attached hydrogen (secondary N) is 1. The molecule has 0 atom stereocenters. The molecule has 1 aromatic carbocycles. The van der Waals surface area contributed by atoms with Crippen LogP contribution in [0.5, 0.6) is 0 Å². The van der Waals surface area contributed by atoms with E-state index in [9.17, 15) is 0 Å². The third-order valence-electron chi connectivity index (χ3n) is 1.56. The highest BCUT2D eigenvalue weighted by Gasteiger charge is 1.98. The van der Waals surface area contributed by atoms with Crippen LogP contribution in [0, 0.1) is 0 Å². The predicted molar refractivity (Wildman–Crippen MR) is 46.8 cm³/mol. The lowest BCUT2D eigenvalue weighted by Crippen LogP contribution is -1.76. The van der Waals surface area contributed by atoms with E-state index in [-0.39, 0.29) is 0 Å². The van der Waals surface area contributed by atoms with Gasteiger partial charge in [0, 0.05) is 16.8 Å². The third kappa shape index (κ3) is 1.31. The lowest BCUT2D eigenvalue weighted by molar-refractivity contribution is 0.942. The van der Waals surface area contributed by atoms with Crippen molar-refractivity contribution in [2.24, 2.45) is 0 Å². The van der Waals surface area contributed by atoms with E-state index in [1.54, 1.807) is 6.20 Å². The van der Waals surface area contributed by atoms with Gasteiger partial charge in [0.15, 0.2) is 0 Å². The summed E-state index contributed by atoms with van der Waals surface area (Å²) < 4.78 is 0. The first-order valence-corrected chi connectivity index (χ1v) is 3.86. The number of hydrogen-bond donors (Lipinski definition) is 1. The maximum absolute atomic E-state index is 5.73. The lowest BCUT2D eigenvalue weighted by atomic mass is 10.2. The molecule has 2 aromatic rings. The summed E-state index contributed by atoms with van der Waals surface area (Å²) in [4.78, 5) is 0. The summed E-state index contributed by atoms with van der Waals surface area (Å²) in [5.74, 6) is 0. The fourth-order valence-corrected chi connectivity index (χ4v) is 1.09. The second-order valence-corrected chi connectivity index (χ2v) is 2.80. The minimum absolute atomic E-state index is 0.724. The number of H-pyrrole nitrogens is 1. The number of aromatic nitrogens is 3. The molecule has 4 heteroatoms. The molecule has 2 rings (SSSR count). The molecule has 1 N–H and O–H groups in total. The first kappa shape index (κ1) is 7.31. The lowest BCUT2D eigenvalue weighted by Gasteiger charge is -1.93. The molecule has 0 radical (unpaired) electrons. The van der Waals surface area contributed by atoms with E-state index >= 15 is 0 Å². The molecule has 0 saturated carbocycles. The highest BCUT2D eigenvalue weighted by molar-refractivity contribution is 6.30. The Morgan fingerprint density at radius 3 is 2.50 bits per heavy atom. The summed E-state index contributed by atoms with van der Waals surface area (Å²) in [5, 5.41) is 10.9. The fourth-order valence-electron chi connectivity index (χ4n) is 0.963. The number of nitrogens with zero attached hydrogens (tertiary/aromatic N) is 2. The van der Waals surface area contributed by atoms with Gasteiger partial charge in [-0.3, -0.25) is 5.10 Å². The van der Waals surface area contributed by atoms with Crippen LogP contribution in [-0.2, 0) is 0 Å². The summed E-state index contributed by atoms with van der Waals surface area (Å²) >= 11 is 5.73. The van der Waals surface area contributed by atoms with Crippen molar-refractivity contribution in [3.8, 4) is 11.3 Å². The van der Waals surface area contributed by atoms with Crippen LogP contribution < -0.4 is 0 Å². The smallest absolute Gasteiger partial charge is 0.112 e. The zero-order valence-electron chi connectivity index (χ0n) is 6.16. The molecule has 60 valence electrons. The van der Waals surface area contributed by atoms with Crippen molar-refractivity contribution in [3.63, 3.8) is 0 Å². The van der Waals surface area contributed by atoms with E-state index in [0.717, 1.165) is 16.3 Å². The van der Waals surface area contributed by atoms with Crippen molar-refractivity contribution < 1.29 is 0 Å². The summed E-state index contributed by atoms with van der Waals surface area (Å²) in [6, 6.07) is 7.46. The maximum atomic E-state index is 5.73. The molecule has 0 aliphatic rings. The van der Waals surface area contributed by atoms with E-state index in [1.807, 2.05) is 24.3 Å². The first-order valence-electron chi connectivity index (χ1n) is 3.48. The van der Waals surface area contributed by atoms with Gasteiger partial charge in [-0.05, 0) is 12.1 Å². The first-order chi connectivity index (χ1) is 5.86. The monoisotopic (exact) mass is 179 g/mol. The molecule has 1 heterocycles. The van der Waals surface area contributed by atoms with Crippen LogP contribution in [0.15, 0.2) is 30.5 Å². The van der Waals surface area contributed by atoms with Crippen LogP contribution in [0.3, 0.4) is 0 Å². The molecule has 0 spiro atoms. The molecule has 0 fully saturated rings. The van der Waals surface area contributed by atoms with Crippen molar-refractivity contribution in [2.75, 3.05) is 0 Å². The van der Waals surface area contributed by atoms with Gasteiger partial charge in [-0.2, -0.15) is 0 Å². The average molecular weight is 180 g/mol. The van der Waals surface area contributed by atoms with Gasteiger partial charge in [-0.1, -0.05) is 28.9 Å². The van der Waals surface area contributed by atoms with E-state index in [2.05, 4.69) is 15.4 Å². The van der Waals surface area contributed by atoms with Crippen molar-refractivity contribution in [3.05, 3.63) is 35.5 Å². The minimum Gasteiger partial charge on any atom is -0.265 e. The Morgan fingerprint density at radius 1 is 1.17 bits per heavy atom. The van der Waals surface area contributed by atoms with Crippen LogP contribution in [0.2, 0.25) is 5.02 Å². The van der Waals surface area contributed by atoms with E-state index < -0.39 is 0 Å². The number of rotatable bonds is 1. The zero-order valence-corrected chi connectivity index (χ0v) is 6.92. The Hall–Kier alpha value is -1.35. The quantitative estimate of drug-likeness (QED) is 0.729. The largest absolute Gasteiger partial charge is 0.265 e. The molecule has 3 nitrogen and oxygen atoms in total. The van der Waals surface area contributed by atoms with E-state index in [4.69, 9.17) is 11.6 Å². The number of benzene rings is 1. The number of hydrogen-bond acceptors (Lipinski definition) is 2. The topological polar surface area (TPSA) is 41.6 Å². The fraction of sp³-hybridized carbons (Fsp3) is 0. The molecule has 1 aromatic heterocycles. The maximum Gasteiger partial charge on any atom is 0.112 e. The average Bonchev–Trinajstić information content (AvgIpc) is 2.58. The molecule has 0 bridgehead atoms. The Morgan fingerprint density at radius 2 is 1.92 bits per heavy atom. The molecule has 0 amide bonds. The van der Waals surface area contributed by atoms with Crippen LogP contribution in [0.25, 0.3) is 11.3 Å². The van der Waals surface area contributed by atoms with Crippen molar-refractivity contribution >= 4 is 11.6 Å². The number of halogens is 1. The Labute approximate surface area is 74.4 Å². The van der Waals surface area contributed by atoms with Crippen LogP contribution in [-0.4, -0.2) is 15.4 Å². The Bertz CT molecular complexity index is 352. The summed E-state index contributed by atoms with van der Waals surface area (Å²) in [6.45, 7) is 0. The highest BCUT2D eigenvalue weighted by atomic mass is 35.5. The molecule has 0 unspecified atom stereocenters.